The SMILES string of the molecule is CCOc1ccc(-c2csc(Cc3ccccc3)n2)cc1N. The average Bonchev–Trinajstić information content (AvgIpc) is 2.99. The van der Waals surface area contributed by atoms with Gasteiger partial charge in [-0.05, 0) is 30.7 Å². The molecular weight excluding hydrogens is 292 g/mol. The van der Waals surface area contributed by atoms with Gasteiger partial charge in [-0.1, -0.05) is 30.3 Å². The molecule has 2 aromatic carbocycles. The number of ether oxygens (including phenoxy) is 1. The largest absolute Gasteiger partial charge is 0.492 e. The average molecular weight is 310 g/mol. The van der Waals surface area contributed by atoms with E-state index in [2.05, 4.69) is 29.6 Å². The van der Waals surface area contributed by atoms with Gasteiger partial charge in [0.15, 0.2) is 0 Å². The third kappa shape index (κ3) is 3.28. The van der Waals surface area contributed by atoms with E-state index in [0.717, 1.165) is 28.4 Å². The highest BCUT2D eigenvalue weighted by Crippen LogP contribution is 2.29. The van der Waals surface area contributed by atoms with E-state index < -0.39 is 0 Å². The molecule has 0 saturated heterocycles. The molecule has 0 unspecified atom stereocenters. The molecule has 3 nitrogen and oxygen atoms in total. The summed E-state index contributed by atoms with van der Waals surface area (Å²) in [6.45, 7) is 2.56. The second-order valence-electron chi connectivity index (χ2n) is 4.97. The minimum atomic E-state index is 0.613. The highest BCUT2D eigenvalue weighted by atomic mass is 32.1. The Labute approximate surface area is 134 Å². The Bertz CT molecular complexity index is 753. The number of nitrogens with two attached hydrogens (primary N) is 1. The summed E-state index contributed by atoms with van der Waals surface area (Å²) in [6.07, 6.45) is 0.859. The van der Waals surface area contributed by atoms with Crippen LogP contribution in [-0.4, -0.2) is 11.6 Å². The normalized spacial score (nSPS) is 10.6. The van der Waals surface area contributed by atoms with Crippen LogP contribution in [0, 0.1) is 0 Å². The summed E-state index contributed by atoms with van der Waals surface area (Å²) >= 11 is 1.68. The molecule has 4 heteroatoms. The monoisotopic (exact) mass is 310 g/mol. The fourth-order valence-electron chi connectivity index (χ4n) is 2.29. The van der Waals surface area contributed by atoms with Crippen molar-refractivity contribution in [3.05, 3.63) is 64.5 Å². The second kappa shape index (κ2) is 6.62. The molecule has 1 aromatic heterocycles. The highest BCUT2D eigenvalue weighted by molar-refractivity contribution is 7.10. The van der Waals surface area contributed by atoms with Gasteiger partial charge in [-0.25, -0.2) is 4.98 Å². The number of nitrogen functional groups attached to an aromatic ring is 1. The summed E-state index contributed by atoms with van der Waals surface area (Å²) in [4.78, 5) is 4.71. The van der Waals surface area contributed by atoms with Crippen LogP contribution in [-0.2, 0) is 6.42 Å². The number of nitrogens with zero attached hydrogens (tertiary/aromatic N) is 1. The van der Waals surface area contributed by atoms with Crippen LogP contribution in [0.4, 0.5) is 5.69 Å². The molecule has 1 heterocycles. The molecule has 0 amide bonds. The summed E-state index contributed by atoms with van der Waals surface area (Å²) in [6, 6.07) is 16.2. The van der Waals surface area contributed by atoms with E-state index in [1.165, 1.54) is 5.56 Å². The zero-order valence-electron chi connectivity index (χ0n) is 12.5. The van der Waals surface area contributed by atoms with Gasteiger partial charge in [-0.2, -0.15) is 0 Å². The standard InChI is InChI=1S/C18H18N2OS/c1-2-21-17-9-8-14(11-15(17)19)16-12-22-18(20-16)10-13-6-4-3-5-7-13/h3-9,11-12H,2,10,19H2,1H3. The van der Waals surface area contributed by atoms with Crippen molar-refractivity contribution in [2.75, 3.05) is 12.3 Å². The lowest BCUT2D eigenvalue weighted by atomic mass is 10.1. The zero-order valence-corrected chi connectivity index (χ0v) is 13.3. The van der Waals surface area contributed by atoms with Crippen molar-refractivity contribution >= 4 is 17.0 Å². The molecule has 0 aliphatic carbocycles. The van der Waals surface area contributed by atoms with Crippen molar-refractivity contribution in [2.24, 2.45) is 0 Å². The van der Waals surface area contributed by atoms with E-state index in [9.17, 15) is 0 Å². The van der Waals surface area contributed by atoms with Crippen LogP contribution in [0.5, 0.6) is 5.75 Å². The van der Waals surface area contributed by atoms with E-state index in [4.69, 9.17) is 15.5 Å². The number of aromatic nitrogens is 1. The Morgan fingerprint density at radius 2 is 1.95 bits per heavy atom. The van der Waals surface area contributed by atoms with E-state index >= 15 is 0 Å². The first-order valence-electron chi connectivity index (χ1n) is 7.27. The van der Waals surface area contributed by atoms with Crippen molar-refractivity contribution in [3.63, 3.8) is 0 Å². The van der Waals surface area contributed by atoms with Gasteiger partial charge in [0.2, 0.25) is 0 Å². The number of anilines is 1. The topological polar surface area (TPSA) is 48.1 Å². The predicted molar refractivity (Wildman–Crippen MR) is 92.4 cm³/mol. The van der Waals surface area contributed by atoms with Gasteiger partial charge in [-0.3, -0.25) is 0 Å². The Balaban J connectivity index is 1.80. The van der Waals surface area contributed by atoms with Gasteiger partial charge in [0, 0.05) is 17.4 Å². The fraction of sp³-hybridized carbons (Fsp3) is 0.167. The van der Waals surface area contributed by atoms with Crippen LogP contribution in [0.2, 0.25) is 0 Å². The Kier molecular flexibility index (Phi) is 4.39. The molecule has 0 saturated carbocycles. The summed E-state index contributed by atoms with van der Waals surface area (Å²) in [5.74, 6) is 0.728. The Hall–Kier alpha value is -2.33. The first-order chi connectivity index (χ1) is 10.8. The fourth-order valence-corrected chi connectivity index (χ4v) is 3.13. The molecule has 112 valence electrons. The maximum atomic E-state index is 6.03. The number of thiazole rings is 1. The molecule has 0 fully saturated rings. The van der Waals surface area contributed by atoms with E-state index in [-0.39, 0.29) is 0 Å². The number of rotatable bonds is 5. The minimum Gasteiger partial charge on any atom is -0.492 e. The van der Waals surface area contributed by atoms with Crippen LogP contribution in [0.25, 0.3) is 11.3 Å². The molecule has 3 aromatic rings. The van der Waals surface area contributed by atoms with Crippen LogP contribution in [0.15, 0.2) is 53.9 Å². The molecule has 0 spiro atoms. The maximum Gasteiger partial charge on any atom is 0.142 e. The van der Waals surface area contributed by atoms with Crippen molar-refractivity contribution in [2.45, 2.75) is 13.3 Å². The van der Waals surface area contributed by atoms with E-state index in [1.54, 1.807) is 11.3 Å². The first kappa shape index (κ1) is 14.6. The molecule has 0 radical (unpaired) electrons. The minimum absolute atomic E-state index is 0.613. The Morgan fingerprint density at radius 1 is 1.14 bits per heavy atom. The molecule has 0 aliphatic heterocycles. The van der Waals surface area contributed by atoms with Gasteiger partial charge in [0.1, 0.15) is 5.75 Å². The number of benzene rings is 2. The molecule has 2 N–H and O–H groups in total. The summed E-state index contributed by atoms with van der Waals surface area (Å²) in [7, 11) is 0. The molecule has 3 rings (SSSR count). The van der Waals surface area contributed by atoms with E-state index in [1.807, 2.05) is 31.2 Å². The second-order valence-corrected chi connectivity index (χ2v) is 5.92. The predicted octanol–water partition coefficient (Wildman–Crippen LogP) is 4.38. The summed E-state index contributed by atoms with van der Waals surface area (Å²) in [5, 5.41) is 3.18. The van der Waals surface area contributed by atoms with Gasteiger partial charge in [0.05, 0.1) is 23.0 Å². The van der Waals surface area contributed by atoms with Gasteiger partial charge >= 0.3 is 0 Å². The smallest absolute Gasteiger partial charge is 0.142 e. The van der Waals surface area contributed by atoms with Crippen LogP contribution in [0.3, 0.4) is 0 Å². The molecule has 0 atom stereocenters. The van der Waals surface area contributed by atoms with Crippen molar-refractivity contribution in [1.29, 1.82) is 0 Å². The van der Waals surface area contributed by atoms with Crippen molar-refractivity contribution in [1.82, 2.24) is 4.98 Å². The third-order valence-electron chi connectivity index (χ3n) is 3.36. The third-order valence-corrected chi connectivity index (χ3v) is 4.20. The van der Waals surface area contributed by atoms with Gasteiger partial charge in [-0.15, -0.1) is 11.3 Å². The van der Waals surface area contributed by atoms with Crippen LogP contribution < -0.4 is 10.5 Å². The quantitative estimate of drug-likeness (QED) is 0.711. The molecule has 22 heavy (non-hydrogen) atoms. The van der Waals surface area contributed by atoms with Crippen LogP contribution >= 0.6 is 11.3 Å². The van der Waals surface area contributed by atoms with Crippen molar-refractivity contribution < 1.29 is 4.74 Å². The lowest BCUT2D eigenvalue weighted by molar-refractivity contribution is 0.342. The maximum absolute atomic E-state index is 6.03. The highest BCUT2D eigenvalue weighted by Gasteiger charge is 2.08. The van der Waals surface area contributed by atoms with Crippen LogP contribution in [0.1, 0.15) is 17.5 Å². The zero-order chi connectivity index (χ0) is 15.4. The molecule has 0 aliphatic rings. The van der Waals surface area contributed by atoms with Gasteiger partial charge < -0.3 is 10.5 Å². The number of hydrogen-bond acceptors (Lipinski definition) is 4. The first-order valence-corrected chi connectivity index (χ1v) is 8.15. The summed E-state index contributed by atoms with van der Waals surface area (Å²) in [5.41, 5.74) is 9.94. The summed E-state index contributed by atoms with van der Waals surface area (Å²) < 4.78 is 5.47. The molecule has 0 bridgehead atoms. The molecular formula is C18H18N2OS. The lowest BCUT2D eigenvalue weighted by Crippen LogP contribution is -1.97. The van der Waals surface area contributed by atoms with Crippen molar-refractivity contribution in [3.8, 4) is 17.0 Å². The number of hydrogen-bond donors (Lipinski definition) is 1. The lowest BCUT2D eigenvalue weighted by Gasteiger charge is -2.07. The van der Waals surface area contributed by atoms with E-state index in [0.29, 0.717) is 12.3 Å². The van der Waals surface area contributed by atoms with Gasteiger partial charge in [0.25, 0.3) is 0 Å². The Morgan fingerprint density at radius 3 is 2.68 bits per heavy atom.